The zero-order valence-corrected chi connectivity index (χ0v) is 16.8. The summed E-state index contributed by atoms with van der Waals surface area (Å²) in [4.78, 5) is 28.4. The summed E-state index contributed by atoms with van der Waals surface area (Å²) in [5.74, 6) is -0.471. The average Bonchev–Trinajstić information content (AvgIpc) is 2.74. The molecule has 0 saturated carbocycles. The summed E-state index contributed by atoms with van der Waals surface area (Å²) >= 11 is 0. The molecule has 0 N–H and O–H groups in total. The van der Waals surface area contributed by atoms with E-state index in [0.29, 0.717) is 23.4 Å². The highest BCUT2D eigenvalue weighted by molar-refractivity contribution is 7.27. The van der Waals surface area contributed by atoms with E-state index >= 15 is 0 Å². The molecule has 4 aromatic rings. The Labute approximate surface area is 173 Å². The summed E-state index contributed by atoms with van der Waals surface area (Å²) in [6, 6.07) is 6.44. The molecule has 1 atom stereocenters. The molecule has 0 fully saturated rings. The van der Waals surface area contributed by atoms with Crippen LogP contribution in [-0.4, -0.2) is 29.7 Å². The Balaban J connectivity index is 1.49. The highest BCUT2D eigenvalue weighted by atomic mass is 31.0. The van der Waals surface area contributed by atoms with Crippen molar-refractivity contribution >= 4 is 14.5 Å². The van der Waals surface area contributed by atoms with Crippen LogP contribution in [0.4, 0.5) is 4.39 Å². The van der Waals surface area contributed by atoms with Gasteiger partial charge < -0.3 is 4.74 Å². The van der Waals surface area contributed by atoms with Gasteiger partial charge in [0, 0.05) is 48.2 Å². The topological polar surface area (TPSA) is 95.7 Å². The summed E-state index contributed by atoms with van der Waals surface area (Å²) in [5.41, 5.74) is 2.24. The molecule has 1 unspecified atom stereocenters. The second-order valence-corrected chi connectivity index (χ2v) is 7.06. The number of ether oxygens (including phenoxy) is 1. The average molecular weight is 422 g/mol. The second kappa shape index (κ2) is 8.84. The molecular formula is C20H16FN6O2P. The fourth-order valence-corrected chi connectivity index (χ4v) is 2.99. The van der Waals surface area contributed by atoms with Crippen LogP contribution in [0.25, 0.3) is 11.3 Å². The van der Waals surface area contributed by atoms with Crippen molar-refractivity contribution in [2.24, 2.45) is 0 Å². The zero-order chi connectivity index (χ0) is 20.9. The molecule has 0 aliphatic carbocycles. The van der Waals surface area contributed by atoms with Gasteiger partial charge in [-0.3, -0.25) is 14.8 Å². The van der Waals surface area contributed by atoms with E-state index < -0.39 is 5.82 Å². The molecule has 30 heavy (non-hydrogen) atoms. The third kappa shape index (κ3) is 4.87. The minimum atomic E-state index is -0.471. The van der Waals surface area contributed by atoms with Crippen LogP contribution in [0.1, 0.15) is 11.1 Å². The van der Waals surface area contributed by atoms with Gasteiger partial charge in [0.05, 0.1) is 18.4 Å². The van der Waals surface area contributed by atoms with Crippen LogP contribution in [0.15, 0.2) is 66.2 Å². The van der Waals surface area contributed by atoms with E-state index in [1.165, 1.54) is 23.0 Å². The first kappa shape index (κ1) is 19.7. The van der Waals surface area contributed by atoms with Crippen molar-refractivity contribution in [3.63, 3.8) is 0 Å². The second-order valence-electron chi connectivity index (χ2n) is 6.40. The minimum Gasteiger partial charge on any atom is -0.459 e. The first-order valence-electron chi connectivity index (χ1n) is 8.89. The highest BCUT2D eigenvalue weighted by Gasteiger charge is 2.08. The lowest BCUT2D eigenvalue weighted by molar-refractivity contribution is 0.280. The summed E-state index contributed by atoms with van der Waals surface area (Å²) < 4.78 is 20.2. The third-order valence-corrected chi connectivity index (χ3v) is 4.38. The van der Waals surface area contributed by atoms with Gasteiger partial charge in [0.25, 0.3) is 5.56 Å². The molecule has 0 amide bonds. The predicted octanol–water partition coefficient (Wildman–Crippen LogP) is 1.76. The van der Waals surface area contributed by atoms with E-state index in [9.17, 15) is 9.18 Å². The van der Waals surface area contributed by atoms with Gasteiger partial charge in [0.2, 0.25) is 0 Å². The van der Waals surface area contributed by atoms with Crippen LogP contribution >= 0.6 is 9.24 Å². The maximum Gasteiger partial charge on any atom is 0.316 e. The van der Waals surface area contributed by atoms with Gasteiger partial charge in [-0.1, -0.05) is 0 Å². The van der Waals surface area contributed by atoms with Gasteiger partial charge in [-0.05, 0) is 29.1 Å². The Morgan fingerprint density at radius 3 is 2.50 bits per heavy atom. The number of aromatic nitrogens is 6. The van der Waals surface area contributed by atoms with Gasteiger partial charge in [-0.2, -0.15) is 5.10 Å². The Morgan fingerprint density at radius 1 is 0.967 bits per heavy atom. The van der Waals surface area contributed by atoms with Crippen LogP contribution in [0, 0.1) is 5.82 Å². The normalized spacial score (nSPS) is 10.7. The van der Waals surface area contributed by atoms with E-state index in [4.69, 9.17) is 4.74 Å². The molecule has 4 heterocycles. The van der Waals surface area contributed by atoms with Crippen LogP contribution in [0.3, 0.4) is 0 Å². The largest absolute Gasteiger partial charge is 0.459 e. The lowest BCUT2D eigenvalue weighted by atomic mass is 10.2. The molecule has 0 aromatic carbocycles. The van der Waals surface area contributed by atoms with Gasteiger partial charge in [0.15, 0.2) is 0 Å². The maximum atomic E-state index is 13.3. The van der Waals surface area contributed by atoms with E-state index in [2.05, 4.69) is 34.3 Å². The van der Waals surface area contributed by atoms with Crippen molar-refractivity contribution in [3.8, 4) is 17.3 Å². The van der Waals surface area contributed by atoms with Crippen molar-refractivity contribution in [1.29, 1.82) is 0 Å². The number of hydrogen-bond acceptors (Lipinski definition) is 7. The monoisotopic (exact) mass is 422 g/mol. The summed E-state index contributed by atoms with van der Waals surface area (Å²) in [6.45, 7) is 0.391. The van der Waals surface area contributed by atoms with Crippen LogP contribution in [-0.2, 0) is 13.2 Å². The standard InChI is InChI=1S/C20H16FN6O2P/c21-16-3-13(5-22-9-16)11-27-19(28)2-1-18(26-27)15-7-24-20(25-8-15)29-12-14-4-17(30)10-23-6-14/h1-10H,11-12,30H2. The predicted molar refractivity (Wildman–Crippen MR) is 111 cm³/mol. The molecule has 4 aromatic heterocycles. The SMILES string of the molecule is O=c1ccc(-c2cnc(OCc3cncc(P)c3)nc2)nn1Cc1cncc(F)c1. The number of nitrogens with zero attached hydrogens (tertiary/aromatic N) is 6. The van der Waals surface area contributed by atoms with E-state index in [1.807, 2.05) is 6.07 Å². The summed E-state index contributed by atoms with van der Waals surface area (Å²) in [7, 11) is 2.58. The molecule has 0 saturated heterocycles. The minimum absolute atomic E-state index is 0.0995. The first-order valence-corrected chi connectivity index (χ1v) is 9.47. The highest BCUT2D eigenvalue weighted by Crippen LogP contribution is 2.15. The van der Waals surface area contributed by atoms with Gasteiger partial charge in [-0.25, -0.2) is 19.0 Å². The Bertz CT molecular complexity index is 1230. The molecule has 0 aliphatic rings. The Kier molecular flexibility index (Phi) is 5.81. The van der Waals surface area contributed by atoms with E-state index in [-0.39, 0.29) is 18.1 Å². The van der Waals surface area contributed by atoms with Crippen molar-refractivity contribution in [2.75, 3.05) is 0 Å². The number of hydrogen-bond donors (Lipinski definition) is 0. The smallest absolute Gasteiger partial charge is 0.316 e. The molecule has 4 rings (SSSR count). The van der Waals surface area contributed by atoms with Gasteiger partial charge >= 0.3 is 6.01 Å². The van der Waals surface area contributed by atoms with Crippen molar-refractivity contribution in [1.82, 2.24) is 29.7 Å². The van der Waals surface area contributed by atoms with Crippen LogP contribution in [0.5, 0.6) is 6.01 Å². The molecule has 0 aliphatic heterocycles. The summed E-state index contributed by atoms with van der Waals surface area (Å²) in [6.07, 6.45) is 9.16. The molecule has 150 valence electrons. The Hall–Kier alpha value is -3.58. The quantitative estimate of drug-likeness (QED) is 0.437. The Morgan fingerprint density at radius 2 is 1.73 bits per heavy atom. The van der Waals surface area contributed by atoms with Crippen molar-refractivity contribution in [2.45, 2.75) is 13.2 Å². The number of pyridine rings is 2. The van der Waals surface area contributed by atoms with Crippen molar-refractivity contribution in [3.05, 3.63) is 88.7 Å². The maximum absolute atomic E-state index is 13.3. The fraction of sp³-hybridized carbons (Fsp3) is 0.100. The number of rotatable bonds is 6. The number of halogens is 1. The first-order chi connectivity index (χ1) is 14.6. The van der Waals surface area contributed by atoms with Crippen LogP contribution < -0.4 is 15.6 Å². The van der Waals surface area contributed by atoms with E-state index in [0.717, 1.165) is 17.1 Å². The van der Waals surface area contributed by atoms with E-state index in [1.54, 1.807) is 30.9 Å². The molecule has 0 radical (unpaired) electrons. The van der Waals surface area contributed by atoms with Gasteiger partial charge in [0.1, 0.15) is 12.4 Å². The molecular weight excluding hydrogens is 406 g/mol. The molecule has 0 bridgehead atoms. The zero-order valence-electron chi connectivity index (χ0n) is 15.6. The fourth-order valence-electron chi connectivity index (χ4n) is 2.69. The lowest BCUT2D eigenvalue weighted by Crippen LogP contribution is -2.23. The lowest BCUT2D eigenvalue weighted by Gasteiger charge is -2.08. The van der Waals surface area contributed by atoms with Gasteiger partial charge in [-0.15, -0.1) is 9.24 Å². The molecule has 0 spiro atoms. The molecule has 10 heteroatoms. The third-order valence-electron chi connectivity index (χ3n) is 4.07. The van der Waals surface area contributed by atoms with Crippen molar-refractivity contribution < 1.29 is 9.13 Å². The molecule has 8 nitrogen and oxygen atoms in total. The van der Waals surface area contributed by atoms with Crippen LogP contribution in [0.2, 0.25) is 0 Å². The summed E-state index contributed by atoms with van der Waals surface area (Å²) in [5, 5.41) is 5.28.